The summed E-state index contributed by atoms with van der Waals surface area (Å²) in [5.41, 5.74) is 5.71. The molecule has 2 atom stereocenters. The highest BCUT2D eigenvalue weighted by atomic mass is 32.1. The second-order valence-electron chi connectivity index (χ2n) is 5.27. The van der Waals surface area contributed by atoms with Crippen molar-refractivity contribution in [2.24, 2.45) is 17.6 Å². The topological polar surface area (TPSA) is 46.3 Å². The summed E-state index contributed by atoms with van der Waals surface area (Å²) in [5, 5.41) is 0. The fraction of sp³-hybridized carbons (Fsp3) is 0.857. The number of carbonyl (C=O) groups is 1. The molecule has 3 nitrogen and oxygen atoms in total. The van der Waals surface area contributed by atoms with Crippen molar-refractivity contribution in [3.8, 4) is 0 Å². The van der Waals surface area contributed by atoms with Crippen LogP contribution in [0.3, 0.4) is 0 Å². The SMILES string of the molecule is CCCCC(CC)C(=O)N1CCCC(C(N)=S)C1. The molecular formula is C14H26N2OS. The van der Waals surface area contributed by atoms with Gasteiger partial charge >= 0.3 is 0 Å². The Morgan fingerprint density at radius 2 is 2.22 bits per heavy atom. The molecule has 18 heavy (non-hydrogen) atoms. The van der Waals surface area contributed by atoms with Crippen molar-refractivity contribution in [3.63, 3.8) is 0 Å². The second kappa shape index (κ2) is 7.72. The minimum absolute atomic E-state index is 0.190. The molecule has 0 bridgehead atoms. The first kappa shape index (κ1) is 15.4. The molecule has 2 unspecified atom stereocenters. The predicted octanol–water partition coefficient (Wildman–Crippen LogP) is 2.73. The van der Waals surface area contributed by atoms with Gasteiger partial charge in [0.15, 0.2) is 0 Å². The van der Waals surface area contributed by atoms with E-state index in [0.717, 1.165) is 51.6 Å². The van der Waals surface area contributed by atoms with Gasteiger partial charge in [-0.05, 0) is 25.7 Å². The maximum absolute atomic E-state index is 12.4. The number of nitrogens with zero attached hydrogens (tertiary/aromatic N) is 1. The number of carbonyl (C=O) groups excluding carboxylic acids is 1. The van der Waals surface area contributed by atoms with Crippen LogP contribution in [0.1, 0.15) is 52.4 Å². The highest BCUT2D eigenvalue weighted by Crippen LogP contribution is 2.22. The van der Waals surface area contributed by atoms with E-state index >= 15 is 0 Å². The van der Waals surface area contributed by atoms with E-state index in [2.05, 4.69) is 13.8 Å². The van der Waals surface area contributed by atoms with Crippen LogP contribution >= 0.6 is 12.2 Å². The highest BCUT2D eigenvalue weighted by molar-refractivity contribution is 7.80. The molecule has 0 aromatic carbocycles. The molecule has 0 spiro atoms. The number of amides is 1. The van der Waals surface area contributed by atoms with Gasteiger partial charge in [-0.15, -0.1) is 0 Å². The maximum atomic E-state index is 12.4. The average Bonchev–Trinajstić information content (AvgIpc) is 2.39. The Hall–Kier alpha value is -0.640. The van der Waals surface area contributed by atoms with Crippen molar-refractivity contribution in [2.45, 2.75) is 52.4 Å². The first-order chi connectivity index (χ1) is 8.60. The average molecular weight is 270 g/mol. The summed E-state index contributed by atoms with van der Waals surface area (Å²) in [6.07, 6.45) is 6.30. The van der Waals surface area contributed by atoms with Gasteiger partial charge in [-0.25, -0.2) is 0 Å². The summed E-state index contributed by atoms with van der Waals surface area (Å²) in [5.74, 6) is 0.725. The van der Waals surface area contributed by atoms with Crippen molar-refractivity contribution in [1.29, 1.82) is 0 Å². The molecule has 0 radical (unpaired) electrons. The molecule has 4 heteroatoms. The lowest BCUT2D eigenvalue weighted by Gasteiger charge is -2.34. The first-order valence-corrected chi connectivity index (χ1v) is 7.59. The van der Waals surface area contributed by atoms with Crippen molar-refractivity contribution < 1.29 is 4.79 Å². The Balaban J connectivity index is 2.55. The summed E-state index contributed by atoms with van der Waals surface area (Å²) in [7, 11) is 0. The molecule has 1 rings (SSSR count). The number of likely N-dealkylation sites (tertiary alicyclic amines) is 1. The molecule has 0 aliphatic carbocycles. The summed E-state index contributed by atoms with van der Waals surface area (Å²) >= 11 is 5.06. The van der Waals surface area contributed by atoms with Crippen LogP contribution in [0.4, 0.5) is 0 Å². The van der Waals surface area contributed by atoms with Crippen molar-refractivity contribution in [3.05, 3.63) is 0 Å². The zero-order valence-corrected chi connectivity index (χ0v) is 12.5. The standard InChI is InChI=1S/C14H26N2OS/c1-3-5-7-11(4-2)14(17)16-9-6-8-12(10-16)13(15)18/h11-12H,3-10H2,1-2H3,(H2,15,18). The molecule has 2 N–H and O–H groups in total. The Morgan fingerprint density at radius 1 is 1.50 bits per heavy atom. The lowest BCUT2D eigenvalue weighted by Crippen LogP contribution is -2.45. The van der Waals surface area contributed by atoms with Gasteiger partial charge in [0, 0.05) is 24.9 Å². The lowest BCUT2D eigenvalue weighted by atomic mass is 9.93. The van der Waals surface area contributed by atoms with Gasteiger partial charge in [-0.1, -0.05) is 38.9 Å². The molecule has 1 saturated heterocycles. The Morgan fingerprint density at radius 3 is 2.78 bits per heavy atom. The third kappa shape index (κ3) is 4.23. The van der Waals surface area contributed by atoms with E-state index in [4.69, 9.17) is 18.0 Å². The van der Waals surface area contributed by atoms with E-state index in [-0.39, 0.29) is 11.8 Å². The fourth-order valence-electron chi connectivity index (χ4n) is 2.62. The summed E-state index contributed by atoms with van der Waals surface area (Å²) in [4.78, 5) is 15.0. The molecular weight excluding hydrogens is 244 g/mol. The van der Waals surface area contributed by atoms with Crippen molar-refractivity contribution in [2.75, 3.05) is 13.1 Å². The maximum Gasteiger partial charge on any atom is 0.225 e. The minimum Gasteiger partial charge on any atom is -0.393 e. The van der Waals surface area contributed by atoms with E-state index in [1.165, 1.54) is 0 Å². The van der Waals surface area contributed by atoms with Crippen LogP contribution < -0.4 is 5.73 Å². The van der Waals surface area contributed by atoms with Crippen LogP contribution in [0, 0.1) is 11.8 Å². The number of thiocarbonyl (C=S) groups is 1. The van der Waals surface area contributed by atoms with E-state index in [1.54, 1.807) is 0 Å². The summed E-state index contributed by atoms with van der Waals surface area (Å²) in [6.45, 7) is 5.88. The van der Waals surface area contributed by atoms with E-state index in [0.29, 0.717) is 10.9 Å². The van der Waals surface area contributed by atoms with Gasteiger partial charge in [0.1, 0.15) is 0 Å². The van der Waals surface area contributed by atoms with Gasteiger partial charge in [-0.2, -0.15) is 0 Å². The highest BCUT2D eigenvalue weighted by Gasteiger charge is 2.28. The van der Waals surface area contributed by atoms with Gasteiger partial charge < -0.3 is 10.6 Å². The van der Waals surface area contributed by atoms with Crippen LogP contribution in [-0.2, 0) is 4.79 Å². The molecule has 1 heterocycles. The van der Waals surface area contributed by atoms with E-state index < -0.39 is 0 Å². The normalized spacial score (nSPS) is 21.7. The Labute approximate surface area is 116 Å². The lowest BCUT2D eigenvalue weighted by molar-refractivity contribution is -0.137. The third-order valence-electron chi connectivity index (χ3n) is 3.88. The number of rotatable bonds is 6. The Bertz CT molecular complexity index is 294. The van der Waals surface area contributed by atoms with E-state index in [1.807, 2.05) is 4.90 Å². The first-order valence-electron chi connectivity index (χ1n) is 7.18. The molecule has 1 fully saturated rings. The van der Waals surface area contributed by atoms with Crippen LogP contribution in [0.5, 0.6) is 0 Å². The fourth-order valence-corrected chi connectivity index (χ4v) is 2.81. The third-order valence-corrected chi connectivity index (χ3v) is 4.22. The zero-order chi connectivity index (χ0) is 13.5. The van der Waals surface area contributed by atoms with Gasteiger partial charge in [0.05, 0.1) is 4.99 Å². The Kier molecular flexibility index (Phi) is 6.61. The quantitative estimate of drug-likeness (QED) is 0.755. The van der Waals surface area contributed by atoms with Crippen molar-refractivity contribution >= 4 is 23.1 Å². The smallest absolute Gasteiger partial charge is 0.225 e. The molecule has 104 valence electrons. The molecule has 0 aromatic heterocycles. The molecule has 0 aromatic rings. The molecule has 1 amide bonds. The minimum atomic E-state index is 0.190. The van der Waals surface area contributed by atoms with Gasteiger partial charge in [0.25, 0.3) is 0 Å². The van der Waals surface area contributed by atoms with Crippen LogP contribution in [0.25, 0.3) is 0 Å². The molecule has 1 aliphatic rings. The van der Waals surface area contributed by atoms with Crippen molar-refractivity contribution in [1.82, 2.24) is 4.90 Å². The number of piperidine rings is 1. The van der Waals surface area contributed by atoms with Crippen LogP contribution in [0.2, 0.25) is 0 Å². The second-order valence-corrected chi connectivity index (χ2v) is 5.74. The van der Waals surface area contributed by atoms with Crippen LogP contribution in [-0.4, -0.2) is 28.9 Å². The monoisotopic (exact) mass is 270 g/mol. The molecule has 0 saturated carbocycles. The summed E-state index contributed by atoms with van der Waals surface area (Å²) in [6, 6.07) is 0. The molecule has 1 aliphatic heterocycles. The number of hydrogen-bond acceptors (Lipinski definition) is 2. The predicted molar refractivity (Wildman–Crippen MR) is 79.4 cm³/mol. The van der Waals surface area contributed by atoms with Gasteiger partial charge in [0.2, 0.25) is 5.91 Å². The number of hydrogen-bond donors (Lipinski definition) is 1. The van der Waals surface area contributed by atoms with Crippen LogP contribution in [0.15, 0.2) is 0 Å². The summed E-state index contributed by atoms with van der Waals surface area (Å²) < 4.78 is 0. The largest absolute Gasteiger partial charge is 0.393 e. The number of nitrogens with two attached hydrogens (primary N) is 1. The van der Waals surface area contributed by atoms with E-state index in [9.17, 15) is 4.79 Å². The van der Waals surface area contributed by atoms with Gasteiger partial charge in [-0.3, -0.25) is 4.79 Å². The number of unbranched alkanes of at least 4 members (excludes halogenated alkanes) is 1. The zero-order valence-electron chi connectivity index (χ0n) is 11.7.